The number of benzene rings is 1. The van der Waals surface area contributed by atoms with E-state index in [-0.39, 0.29) is 0 Å². The minimum atomic E-state index is -3.40. The predicted molar refractivity (Wildman–Crippen MR) is 108 cm³/mol. The van der Waals surface area contributed by atoms with Crippen molar-refractivity contribution in [3.8, 4) is 0 Å². The number of piperazine rings is 1. The molecule has 2 aromatic heterocycles. The Bertz CT molecular complexity index is 1080. The monoisotopic (exact) mass is 420 g/mol. The van der Waals surface area contributed by atoms with Crippen LogP contribution in [-0.2, 0) is 16.4 Å². The Morgan fingerprint density at radius 2 is 1.82 bits per heavy atom. The second-order valence-corrected chi connectivity index (χ2v) is 9.29. The minimum absolute atomic E-state index is 0.386. The van der Waals surface area contributed by atoms with Gasteiger partial charge in [0.1, 0.15) is 17.4 Å². The molecule has 0 amide bonds. The number of aromatic nitrogens is 4. The summed E-state index contributed by atoms with van der Waals surface area (Å²) in [5.41, 5.74) is 3.14. The van der Waals surface area contributed by atoms with Gasteiger partial charge in [0.05, 0.1) is 0 Å². The highest BCUT2D eigenvalue weighted by molar-refractivity contribution is 7.90. The average Bonchev–Trinajstić information content (AvgIpc) is 3.17. The highest BCUT2D eigenvalue weighted by atomic mass is 35.5. The van der Waals surface area contributed by atoms with Crippen molar-refractivity contribution in [1.29, 1.82) is 0 Å². The summed E-state index contributed by atoms with van der Waals surface area (Å²) in [5, 5.41) is 3.97. The van der Waals surface area contributed by atoms with Crippen LogP contribution in [0.5, 0.6) is 0 Å². The number of alkyl halides is 1. The standard InChI is InChI=1S/C18H21ClN6O2S/c1-14-16(11-15-5-3-2-4-6-15)17(25-18(22-14)20-13-21-25)23-7-9-24(10-8-23)28(26,27)12-19/h2-6,13H,7-12H2,1H3. The van der Waals surface area contributed by atoms with E-state index in [1.54, 1.807) is 4.52 Å². The van der Waals surface area contributed by atoms with Crippen molar-refractivity contribution >= 4 is 33.2 Å². The summed E-state index contributed by atoms with van der Waals surface area (Å²) in [4.78, 5) is 11.0. The molecule has 8 nitrogen and oxygen atoms in total. The summed E-state index contributed by atoms with van der Waals surface area (Å²) in [5.74, 6) is 1.46. The normalized spacial score (nSPS) is 16.0. The second kappa shape index (κ2) is 7.65. The van der Waals surface area contributed by atoms with Gasteiger partial charge in [0.25, 0.3) is 5.78 Å². The molecule has 0 aliphatic carbocycles. The Balaban J connectivity index is 1.71. The first-order valence-corrected chi connectivity index (χ1v) is 11.2. The first kappa shape index (κ1) is 19.1. The maximum atomic E-state index is 12.1. The number of fused-ring (bicyclic) bond motifs is 1. The first-order valence-electron chi connectivity index (χ1n) is 9.01. The molecule has 1 aliphatic rings. The minimum Gasteiger partial charge on any atom is -0.354 e. The molecule has 0 radical (unpaired) electrons. The number of anilines is 1. The van der Waals surface area contributed by atoms with Crippen LogP contribution in [0.2, 0.25) is 0 Å². The van der Waals surface area contributed by atoms with Gasteiger partial charge in [-0.1, -0.05) is 30.3 Å². The lowest BCUT2D eigenvalue weighted by atomic mass is 10.0. The van der Waals surface area contributed by atoms with Crippen LogP contribution in [0, 0.1) is 6.92 Å². The highest BCUT2D eigenvalue weighted by Crippen LogP contribution is 2.27. The van der Waals surface area contributed by atoms with Gasteiger partial charge in [-0.25, -0.2) is 13.4 Å². The number of nitrogens with zero attached hydrogens (tertiary/aromatic N) is 6. The van der Waals surface area contributed by atoms with E-state index >= 15 is 0 Å². The fourth-order valence-corrected chi connectivity index (χ4v) is 4.82. The van der Waals surface area contributed by atoms with E-state index in [1.807, 2.05) is 25.1 Å². The fraction of sp³-hybridized carbons (Fsp3) is 0.389. The third-order valence-corrected chi connectivity index (χ3v) is 7.25. The number of sulfonamides is 1. The van der Waals surface area contributed by atoms with E-state index in [2.05, 4.69) is 32.1 Å². The Labute approximate surface area is 168 Å². The molecule has 10 heteroatoms. The van der Waals surface area contributed by atoms with E-state index in [4.69, 9.17) is 11.6 Å². The zero-order valence-electron chi connectivity index (χ0n) is 15.5. The molecule has 0 spiro atoms. The van der Waals surface area contributed by atoms with E-state index in [0.717, 1.165) is 17.1 Å². The number of hydrogen-bond acceptors (Lipinski definition) is 6. The molecule has 0 saturated carbocycles. The lowest BCUT2D eigenvalue weighted by Crippen LogP contribution is -2.49. The van der Waals surface area contributed by atoms with Crippen LogP contribution < -0.4 is 4.90 Å². The summed E-state index contributed by atoms with van der Waals surface area (Å²) in [6, 6.07) is 10.2. The van der Waals surface area contributed by atoms with E-state index < -0.39 is 15.2 Å². The number of aryl methyl sites for hydroxylation is 1. The van der Waals surface area contributed by atoms with Crippen molar-refractivity contribution in [2.45, 2.75) is 13.3 Å². The Kier molecular flexibility index (Phi) is 5.22. The molecule has 148 valence electrons. The molecule has 1 aliphatic heterocycles. The zero-order valence-corrected chi connectivity index (χ0v) is 17.1. The molecule has 3 aromatic rings. The molecule has 0 N–H and O–H groups in total. The van der Waals surface area contributed by atoms with Gasteiger partial charge < -0.3 is 4.90 Å². The Morgan fingerprint density at radius 1 is 1.11 bits per heavy atom. The van der Waals surface area contributed by atoms with Gasteiger partial charge >= 0.3 is 0 Å². The largest absolute Gasteiger partial charge is 0.354 e. The van der Waals surface area contributed by atoms with Gasteiger partial charge in [0.2, 0.25) is 10.0 Å². The summed E-state index contributed by atoms with van der Waals surface area (Å²) >= 11 is 5.61. The summed E-state index contributed by atoms with van der Waals surface area (Å²) in [6.45, 7) is 3.85. The number of halogens is 1. The molecular formula is C18H21ClN6O2S. The summed E-state index contributed by atoms with van der Waals surface area (Å²) in [7, 11) is -3.40. The van der Waals surface area contributed by atoms with Crippen LogP contribution in [0.25, 0.3) is 5.78 Å². The van der Waals surface area contributed by atoms with Crippen molar-refractivity contribution in [3.63, 3.8) is 0 Å². The molecule has 4 rings (SSSR count). The molecule has 3 heterocycles. The van der Waals surface area contributed by atoms with Crippen molar-refractivity contribution in [2.24, 2.45) is 0 Å². The molecule has 1 saturated heterocycles. The molecule has 0 unspecified atom stereocenters. The van der Waals surface area contributed by atoms with Crippen LogP contribution in [-0.4, -0.2) is 63.7 Å². The Morgan fingerprint density at radius 3 is 2.50 bits per heavy atom. The lowest BCUT2D eigenvalue weighted by Gasteiger charge is -2.36. The smallest absolute Gasteiger partial charge is 0.254 e. The van der Waals surface area contributed by atoms with Gasteiger partial charge in [-0.05, 0) is 12.5 Å². The molecule has 0 atom stereocenters. The Hall–Kier alpha value is -2.23. The molecule has 1 fully saturated rings. The van der Waals surface area contributed by atoms with Crippen molar-refractivity contribution in [2.75, 3.05) is 36.3 Å². The van der Waals surface area contributed by atoms with Gasteiger partial charge in [0.15, 0.2) is 0 Å². The summed E-state index contributed by atoms with van der Waals surface area (Å²) < 4.78 is 27.3. The average molecular weight is 421 g/mol. The van der Waals surface area contributed by atoms with Crippen LogP contribution in [0.3, 0.4) is 0 Å². The second-order valence-electron chi connectivity index (χ2n) is 6.74. The topological polar surface area (TPSA) is 83.7 Å². The van der Waals surface area contributed by atoms with Crippen molar-refractivity contribution in [3.05, 3.63) is 53.5 Å². The molecule has 0 bridgehead atoms. The van der Waals surface area contributed by atoms with Gasteiger partial charge in [-0.2, -0.15) is 18.9 Å². The summed E-state index contributed by atoms with van der Waals surface area (Å²) in [6.07, 6.45) is 2.21. The van der Waals surface area contributed by atoms with Crippen LogP contribution in [0.4, 0.5) is 5.82 Å². The van der Waals surface area contributed by atoms with Crippen LogP contribution >= 0.6 is 11.6 Å². The number of rotatable bonds is 5. The van der Waals surface area contributed by atoms with Gasteiger partial charge in [-0.15, -0.1) is 11.6 Å². The SMILES string of the molecule is Cc1nc2ncnn2c(N2CCN(S(=O)(=O)CCl)CC2)c1Cc1ccccc1. The van der Waals surface area contributed by atoms with E-state index in [9.17, 15) is 8.42 Å². The highest BCUT2D eigenvalue weighted by Gasteiger charge is 2.29. The molecule has 28 heavy (non-hydrogen) atoms. The maximum absolute atomic E-state index is 12.1. The van der Waals surface area contributed by atoms with Crippen LogP contribution in [0.15, 0.2) is 36.7 Å². The zero-order chi connectivity index (χ0) is 19.7. The van der Waals surface area contributed by atoms with Gasteiger partial charge in [0, 0.05) is 43.9 Å². The first-order chi connectivity index (χ1) is 13.5. The fourth-order valence-electron chi connectivity index (χ4n) is 3.55. The van der Waals surface area contributed by atoms with Gasteiger partial charge in [-0.3, -0.25) is 0 Å². The molecular weight excluding hydrogens is 400 g/mol. The van der Waals surface area contributed by atoms with E-state index in [1.165, 1.54) is 16.2 Å². The quantitative estimate of drug-likeness (QED) is 0.584. The third kappa shape index (κ3) is 3.57. The van der Waals surface area contributed by atoms with Crippen LogP contribution in [0.1, 0.15) is 16.8 Å². The van der Waals surface area contributed by atoms with E-state index in [0.29, 0.717) is 38.4 Å². The lowest BCUT2D eigenvalue weighted by molar-refractivity contribution is 0.385. The van der Waals surface area contributed by atoms with Crippen molar-refractivity contribution in [1.82, 2.24) is 23.9 Å². The molecule has 1 aromatic carbocycles. The predicted octanol–water partition coefficient (Wildman–Crippen LogP) is 1.67. The third-order valence-electron chi connectivity index (χ3n) is 5.00. The van der Waals surface area contributed by atoms with Crippen molar-refractivity contribution < 1.29 is 8.42 Å². The maximum Gasteiger partial charge on any atom is 0.254 e. The number of hydrogen-bond donors (Lipinski definition) is 0.